The summed E-state index contributed by atoms with van der Waals surface area (Å²) in [6, 6.07) is 4.94. The molecule has 1 rings (SSSR count). The van der Waals surface area contributed by atoms with Gasteiger partial charge in [-0.25, -0.2) is 0 Å². The van der Waals surface area contributed by atoms with Crippen LogP contribution >= 0.6 is 11.6 Å². The highest BCUT2D eigenvalue weighted by Gasteiger charge is 2.06. The maximum absolute atomic E-state index is 10.5. The third-order valence-electron chi connectivity index (χ3n) is 1.84. The van der Waals surface area contributed by atoms with Crippen LogP contribution in [0.4, 0.5) is 5.69 Å². The van der Waals surface area contributed by atoms with E-state index in [2.05, 4.69) is 5.32 Å². The molecule has 0 spiro atoms. The second-order valence-corrected chi connectivity index (χ2v) is 5.07. The molecule has 0 amide bonds. The van der Waals surface area contributed by atoms with Crippen molar-refractivity contribution in [3.8, 4) is 5.75 Å². The van der Waals surface area contributed by atoms with Crippen LogP contribution in [0.25, 0.3) is 0 Å². The summed E-state index contributed by atoms with van der Waals surface area (Å²) in [4.78, 5) is 0. The summed E-state index contributed by atoms with van der Waals surface area (Å²) in [6.07, 6.45) is 0. The summed E-state index contributed by atoms with van der Waals surface area (Å²) < 4.78 is 34.6. The highest BCUT2D eigenvalue weighted by atomic mass is 35.5. The average Bonchev–Trinajstić information content (AvgIpc) is 2.16. The Bertz CT molecular complexity index is 461. The predicted octanol–water partition coefficient (Wildman–Crippen LogP) is 1.65. The standard InChI is InChI=1S/C9H12ClNO4S/c1-15-9-3-2-7(10)6-8(9)11-4-5-16(12,13)14/h2-3,6,11H,4-5H2,1H3,(H,12,13,14). The van der Waals surface area contributed by atoms with Crippen LogP contribution in [-0.4, -0.2) is 32.4 Å². The van der Waals surface area contributed by atoms with E-state index >= 15 is 0 Å². The van der Waals surface area contributed by atoms with E-state index in [4.69, 9.17) is 20.9 Å². The lowest BCUT2D eigenvalue weighted by Gasteiger charge is -2.10. The highest BCUT2D eigenvalue weighted by molar-refractivity contribution is 7.85. The monoisotopic (exact) mass is 265 g/mol. The van der Waals surface area contributed by atoms with Crippen molar-refractivity contribution in [1.82, 2.24) is 0 Å². The van der Waals surface area contributed by atoms with Gasteiger partial charge in [0.2, 0.25) is 0 Å². The fraction of sp³-hybridized carbons (Fsp3) is 0.333. The van der Waals surface area contributed by atoms with Gasteiger partial charge in [0.1, 0.15) is 5.75 Å². The summed E-state index contributed by atoms with van der Waals surface area (Å²) in [5, 5.41) is 3.32. The zero-order chi connectivity index (χ0) is 12.2. The molecule has 90 valence electrons. The highest BCUT2D eigenvalue weighted by Crippen LogP contribution is 2.27. The van der Waals surface area contributed by atoms with Crippen LogP contribution in [0.15, 0.2) is 18.2 Å². The van der Waals surface area contributed by atoms with Gasteiger partial charge in [0.05, 0.1) is 18.6 Å². The molecule has 1 aromatic rings. The SMILES string of the molecule is COc1ccc(Cl)cc1NCCS(=O)(=O)O. The van der Waals surface area contributed by atoms with Gasteiger partial charge in [0, 0.05) is 11.6 Å². The van der Waals surface area contributed by atoms with Crippen LogP contribution in [0.3, 0.4) is 0 Å². The Morgan fingerprint density at radius 1 is 1.50 bits per heavy atom. The van der Waals surface area contributed by atoms with Gasteiger partial charge in [0.15, 0.2) is 0 Å². The normalized spacial score (nSPS) is 11.2. The van der Waals surface area contributed by atoms with Crippen molar-refractivity contribution in [2.75, 3.05) is 24.7 Å². The molecule has 0 atom stereocenters. The van der Waals surface area contributed by atoms with Crippen LogP contribution in [0.5, 0.6) is 5.75 Å². The maximum Gasteiger partial charge on any atom is 0.266 e. The van der Waals surface area contributed by atoms with E-state index in [1.54, 1.807) is 18.2 Å². The molecule has 1 aromatic carbocycles. The van der Waals surface area contributed by atoms with Crippen molar-refractivity contribution in [3.05, 3.63) is 23.2 Å². The average molecular weight is 266 g/mol. The minimum absolute atomic E-state index is 0.0789. The lowest BCUT2D eigenvalue weighted by molar-refractivity contribution is 0.416. The molecule has 16 heavy (non-hydrogen) atoms. The fourth-order valence-corrected chi connectivity index (χ4v) is 1.67. The van der Waals surface area contributed by atoms with Crippen molar-refractivity contribution in [3.63, 3.8) is 0 Å². The number of nitrogens with one attached hydrogen (secondary N) is 1. The Morgan fingerprint density at radius 2 is 2.19 bits per heavy atom. The Hall–Kier alpha value is -0.980. The molecule has 0 aliphatic heterocycles. The molecule has 0 aliphatic rings. The third kappa shape index (κ3) is 4.26. The largest absolute Gasteiger partial charge is 0.495 e. The van der Waals surface area contributed by atoms with E-state index in [1.807, 2.05) is 0 Å². The molecule has 0 saturated carbocycles. The van der Waals surface area contributed by atoms with Crippen LogP contribution in [0, 0.1) is 0 Å². The minimum atomic E-state index is -3.96. The van der Waals surface area contributed by atoms with Gasteiger partial charge in [-0.3, -0.25) is 4.55 Å². The number of halogens is 1. The smallest absolute Gasteiger partial charge is 0.266 e. The van der Waals surface area contributed by atoms with Crippen molar-refractivity contribution < 1.29 is 17.7 Å². The molecule has 2 N–H and O–H groups in total. The summed E-state index contributed by atoms with van der Waals surface area (Å²) in [7, 11) is -2.46. The summed E-state index contributed by atoms with van der Waals surface area (Å²) in [6.45, 7) is 0.0789. The first-order valence-corrected chi connectivity index (χ1v) is 6.43. The molecule has 5 nitrogen and oxygen atoms in total. The van der Waals surface area contributed by atoms with Crippen LogP contribution < -0.4 is 10.1 Å². The molecule has 0 aromatic heterocycles. The molecule has 0 bridgehead atoms. The van der Waals surface area contributed by atoms with E-state index in [0.29, 0.717) is 16.5 Å². The number of rotatable bonds is 5. The zero-order valence-corrected chi connectivity index (χ0v) is 10.2. The van der Waals surface area contributed by atoms with Crippen molar-refractivity contribution in [2.45, 2.75) is 0 Å². The number of anilines is 1. The van der Waals surface area contributed by atoms with Gasteiger partial charge < -0.3 is 10.1 Å². The topological polar surface area (TPSA) is 75.6 Å². The second-order valence-electron chi connectivity index (χ2n) is 3.06. The van der Waals surface area contributed by atoms with Crippen molar-refractivity contribution in [1.29, 1.82) is 0 Å². The van der Waals surface area contributed by atoms with Crippen molar-refractivity contribution in [2.24, 2.45) is 0 Å². The number of benzene rings is 1. The molecular weight excluding hydrogens is 254 g/mol. The first-order chi connectivity index (χ1) is 7.42. The molecule has 0 radical (unpaired) electrons. The first-order valence-electron chi connectivity index (χ1n) is 4.45. The minimum Gasteiger partial charge on any atom is -0.495 e. The van der Waals surface area contributed by atoms with E-state index < -0.39 is 10.1 Å². The van der Waals surface area contributed by atoms with E-state index in [1.165, 1.54) is 7.11 Å². The summed E-state index contributed by atoms with van der Waals surface area (Å²) in [5.74, 6) is 0.183. The number of hydrogen-bond acceptors (Lipinski definition) is 4. The van der Waals surface area contributed by atoms with Gasteiger partial charge in [-0.15, -0.1) is 0 Å². The Balaban J connectivity index is 2.69. The fourth-order valence-electron chi connectivity index (χ4n) is 1.13. The van der Waals surface area contributed by atoms with E-state index in [9.17, 15) is 8.42 Å². The first kappa shape index (κ1) is 13.1. The summed E-state index contributed by atoms with van der Waals surface area (Å²) >= 11 is 5.78. The van der Waals surface area contributed by atoms with E-state index in [-0.39, 0.29) is 12.3 Å². The van der Waals surface area contributed by atoms with Crippen molar-refractivity contribution >= 4 is 27.4 Å². The number of hydrogen-bond donors (Lipinski definition) is 2. The van der Waals surface area contributed by atoms with Crippen LogP contribution in [0.1, 0.15) is 0 Å². The van der Waals surface area contributed by atoms with Gasteiger partial charge in [-0.05, 0) is 18.2 Å². The maximum atomic E-state index is 10.5. The lowest BCUT2D eigenvalue weighted by atomic mass is 10.3. The number of ether oxygens (including phenoxy) is 1. The Morgan fingerprint density at radius 3 is 2.75 bits per heavy atom. The lowest BCUT2D eigenvalue weighted by Crippen LogP contribution is -2.14. The molecular formula is C9H12ClNO4S. The molecule has 0 aliphatic carbocycles. The molecule has 0 fully saturated rings. The third-order valence-corrected chi connectivity index (χ3v) is 2.79. The molecule has 0 heterocycles. The van der Waals surface area contributed by atoms with E-state index in [0.717, 1.165) is 0 Å². The van der Waals surface area contributed by atoms with Gasteiger partial charge in [-0.2, -0.15) is 8.42 Å². The number of methoxy groups -OCH3 is 1. The predicted molar refractivity (Wildman–Crippen MR) is 62.9 cm³/mol. The zero-order valence-electron chi connectivity index (χ0n) is 8.60. The van der Waals surface area contributed by atoms with Gasteiger partial charge >= 0.3 is 0 Å². The molecule has 7 heteroatoms. The quantitative estimate of drug-likeness (QED) is 0.792. The van der Waals surface area contributed by atoms with Crippen LogP contribution in [0.2, 0.25) is 5.02 Å². The Labute approximate surface area is 99.1 Å². The molecule has 0 saturated heterocycles. The van der Waals surface area contributed by atoms with Gasteiger partial charge in [-0.1, -0.05) is 11.6 Å². The molecule has 0 unspecified atom stereocenters. The Kier molecular flexibility index (Phi) is 4.40. The summed E-state index contributed by atoms with van der Waals surface area (Å²) in [5.41, 5.74) is 0.582. The van der Waals surface area contributed by atoms with Crippen LogP contribution in [-0.2, 0) is 10.1 Å². The van der Waals surface area contributed by atoms with Gasteiger partial charge in [0.25, 0.3) is 10.1 Å². The second kappa shape index (κ2) is 5.38.